The summed E-state index contributed by atoms with van der Waals surface area (Å²) in [5.41, 5.74) is 0.770. The molecule has 0 saturated carbocycles. The molecule has 0 amide bonds. The number of ether oxygens (including phenoxy) is 1. The van der Waals surface area contributed by atoms with Crippen molar-refractivity contribution >= 4 is 5.97 Å². The number of nitrogens with zero attached hydrogens (tertiary/aromatic N) is 1. The lowest BCUT2D eigenvalue weighted by Crippen LogP contribution is -2.05. The summed E-state index contributed by atoms with van der Waals surface area (Å²) < 4.78 is 4.90. The van der Waals surface area contributed by atoms with Crippen molar-refractivity contribution in [2.75, 3.05) is 0 Å². The first-order valence-electron chi connectivity index (χ1n) is 3.44. The van der Waals surface area contributed by atoms with Crippen molar-refractivity contribution in [1.82, 2.24) is 10.2 Å². The zero-order valence-corrected chi connectivity index (χ0v) is 6.55. The minimum atomic E-state index is -0.241. The zero-order valence-electron chi connectivity index (χ0n) is 6.55. The van der Waals surface area contributed by atoms with Crippen LogP contribution in [0.1, 0.15) is 19.0 Å². The SMILES string of the molecule is CCC(=O)Oc1cn[nH]c1C. The second kappa shape index (κ2) is 3.18. The topological polar surface area (TPSA) is 55.0 Å². The van der Waals surface area contributed by atoms with Gasteiger partial charge in [0.05, 0.1) is 11.9 Å². The molecular formula is C7H10N2O2. The second-order valence-electron chi connectivity index (χ2n) is 2.19. The van der Waals surface area contributed by atoms with E-state index < -0.39 is 0 Å². The molecule has 0 aliphatic carbocycles. The van der Waals surface area contributed by atoms with Gasteiger partial charge in [-0.25, -0.2) is 0 Å². The predicted octanol–water partition coefficient (Wildman–Crippen LogP) is 1.03. The summed E-state index contributed by atoms with van der Waals surface area (Å²) in [5.74, 6) is 0.270. The van der Waals surface area contributed by atoms with Crippen LogP contribution in [-0.2, 0) is 4.79 Å². The van der Waals surface area contributed by atoms with E-state index >= 15 is 0 Å². The summed E-state index contributed by atoms with van der Waals surface area (Å²) in [6, 6.07) is 0. The van der Waals surface area contributed by atoms with Crippen molar-refractivity contribution in [3.05, 3.63) is 11.9 Å². The number of carbonyl (C=O) groups excluding carboxylic acids is 1. The largest absolute Gasteiger partial charge is 0.423 e. The third kappa shape index (κ3) is 1.80. The van der Waals surface area contributed by atoms with E-state index in [4.69, 9.17) is 4.74 Å². The number of aromatic amines is 1. The van der Waals surface area contributed by atoms with Crippen LogP contribution in [0.25, 0.3) is 0 Å². The van der Waals surface area contributed by atoms with E-state index in [0.29, 0.717) is 12.2 Å². The Morgan fingerprint density at radius 3 is 3.00 bits per heavy atom. The monoisotopic (exact) mass is 154 g/mol. The van der Waals surface area contributed by atoms with Gasteiger partial charge >= 0.3 is 5.97 Å². The molecule has 60 valence electrons. The van der Waals surface area contributed by atoms with Gasteiger partial charge in [-0.15, -0.1) is 0 Å². The molecule has 1 heterocycles. The van der Waals surface area contributed by atoms with Gasteiger partial charge in [-0.3, -0.25) is 9.89 Å². The van der Waals surface area contributed by atoms with Crippen LogP contribution in [0.2, 0.25) is 0 Å². The Hall–Kier alpha value is -1.32. The summed E-state index contributed by atoms with van der Waals surface area (Å²) in [7, 11) is 0. The number of aromatic nitrogens is 2. The molecule has 0 spiro atoms. The number of aryl methyl sites for hydroxylation is 1. The molecule has 0 fully saturated rings. The quantitative estimate of drug-likeness (QED) is 0.647. The molecule has 4 heteroatoms. The van der Waals surface area contributed by atoms with Gasteiger partial charge in [-0.1, -0.05) is 6.92 Å². The van der Waals surface area contributed by atoms with Crippen LogP contribution >= 0.6 is 0 Å². The molecule has 0 aliphatic rings. The molecule has 11 heavy (non-hydrogen) atoms. The average Bonchev–Trinajstić information content (AvgIpc) is 2.37. The number of H-pyrrole nitrogens is 1. The third-order valence-electron chi connectivity index (χ3n) is 1.30. The molecule has 0 unspecified atom stereocenters. The lowest BCUT2D eigenvalue weighted by Gasteiger charge is -1.98. The van der Waals surface area contributed by atoms with E-state index in [1.54, 1.807) is 13.8 Å². The molecule has 0 aliphatic heterocycles. The maximum absolute atomic E-state index is 10.8. The Kier molecular flexibility index (Phi) is 2.25. The second-order valence-corrected chi connectivity index (χ2v) is 2.19. The minimum absolute atomic E-state index is 0.241. The van der Waals surface area contributed by atoms with E-state index in [2.05, 4.69) is 10.2 Å². The summed E-state index contributed by atoms with van der Waals surface area (Å²) in [6.07, 6.45) is 1.87. The Bertz CT molecular complexity index is 255. The molecule has 4 nitrogen and oxygen atoms in total. The summed E-state index contributed by atoms with van der Waals surface area (Å²) in [6.45, 7) is 3.54. The first-order valence-corrected chi connectivity index (χ1v) is 3.44. The Balaban J connectivity index is 2.64. The van der Waals surface area contributed by atoms with E-state index in [1.807, 2.05) is 0 Å². The normalized spacial score (nSPS) is 9.64. The zero-order chi connectivity index (χ0) is 8.27. The molecule has 0 radical (unpaired) electrons. The first kappa shape index (κ1) is 7.78. The van der Waals surface area contributed by atoms with Gasteiger partial charge in [0.2, 0.25) is 0 Å². The van der Waals surface area contributed by atoms with Gasteiger partial charge in [0, 0.05) is 6.42 Å². The van der Waals surface area contributed by atoms with Crippen LogP contribution in [0.5, 0.6) is 5.75 Å². The van der Waals surface area contributed by atoms with Gasteiger partial charge in [-0.2, -0.15) is 5.10 Å². The molecule has 1 N–H and O–H groups in total. The smallest absolute Gasteiger partial charge is 0.311 e. The van der Waals surface area contributed by atoms with Crippen LogP contribution in [-0.4, -0.2) is 16.2 Å². The summed E-state index contributed by atoms with van der Waals surface area (Å²) in [4.78, 5) is 10.8. The number of rotatable bonds is 2. The molecular weight excluding hydrogens is 144 g/mol. The average molecular weight is 154 g/mol. The number of esters is 1. The summed E-state index contributed by atoms with van der Waals surface area (Å²) in [5, 5.41) is 6.38. The highest BCUT2D eigenvalue weighted by atomic mass is 16.5. The van der Waals surface area contributed by atoms with E-state index in [9.17, 15) is 4.79 Å². The Labute approximate surface area is 64.6 Å². The van der Waals surface area contributed by atoms with Gasteiger partial charge in [0.25, 0.3) is 0 Å². The molecule has 0 bridgehead atoms. The number of hydrogen-bond acceptors (Lipinski definition) is 3. The van der Waals surface area contributed by atoms with Crippen LogP contribution < -0.4 is 4.74 Å². The van der Waals surface area contributed by atoms with Crippen LogP contribution in [0.15, 0.2) is 6.20 Å². The molecule has 0 saturated heterocycles. The first-order chi connectivity index (χ1) is 5.24. The number of carbonyl (C=O) groups is 1. The Morgan fingerprint density at radius 1 is 1.82 bits per heavy atom. The standard InChI is InChI=1S/C7H10N2O2/c1-3-7(10)11-6-4-8-9-5(6)2/h4H,3H2,1-2H3,(H,8,9). The molecule has 0 aromatic carbocycles. The lowest BCUT2D eigenvalue weighted by atomic mass is 10.4. The molecule has 1 rings (SSSR count). The third-order valence-corrected chi connectivity index (χ3v) is 1.30. The fourth-order valence-corrected chi connectivity index (χ4v) is 0.637. The van der Waals surface area contributed by atoms with E-state index in [0.717, 1.165) is 5.69 Å². The van der Waals surface area contributed by atoms with E-state index in [1.165, 1.54) is 6.20 Å². The fourth-order valence-electron chi connectivity index (χ4n) is 0.637. The van der Waals surface area contributed by atoms with Crippen molar-refractivity contribution in [3.8, 4) is 5.75 Å². The molecule has 0 atom stereocenters. The van der Waals surface area contributed by atoms with Gasteiger partial charge in [-0.05, 0) is 6.92 Å². The van der Waals surface area contributed by atoms with Gasteiger partial charge in [0.1, 0.15) is 0 Å². The Morgan fingerprint density at radius 2 is 2.55 bits per heavy atom. The van der Waals surface area contributed by atoms with Crippen molar-refractivity contribution in [2.45, 2.75) is 20.3 Å². The maximum Gasteiger partial charge on any atom is 0.311 e. The van der Waals surface area contributed by atoms with Gasteiger partial charge < -0.3 is 4.74 Å². The van der Waals surface area contributed by atoms with Gasteiger partial charge in [0.15, 0.2) is 5.75 Å². The molecule has 1 aromatic heterocycles. The molecule has 1 aromatic rings. The van der Waals surface area contributed by atoms with Crippen molar-refractivity contribution in [1.29, 1.82) is 0 Å². The van der Waals surface area contributed by atoms with Crippen molar-refractivity contribution in [2.24, 2.45) is 0 Å². The van der Waals surface area contributed by atoms with E-state index in [-0.39, 0.29) is 5.97 Å². The lowest BCUT2D eigenvalue weighted by molar-refractivity contribution is -0.134. The number of nitrogens with one attached hydrogen (secondary N) is 1. The predicted molar refractivity (Wildman–Crippen MR) is 39.3 cm³/mol. The van der Waals surface area contributed by atoms with Crippen LogP contribution in [0, 0.1) is 6.92 Å². The highest BCUT2D eigenvalue weighted by Crippen LogP contribution is 2.12. The van der Waals surface area contributed by atoms with Crippen molar-refractivity contribution < 1.29 is 9.53 Å². The fraction of sp³-hybridized carbons (Fsp3) is 0.429. The highest BCUT2D eigenvalue weighted by Gasteiger charge is 2.05. The van der Waals surface area contributed by atoms with Crippen LogP contribution in [0.3, 0.4) is 0 Å². The maximum atomic E-state index is 10.8. The highest BCUT2D eigenvalue weighted by molar-refractivity contribution is 5.72. The minimum Gasteiger partial charge on any atom is -0.423 e. The number of hydrogen-bond donors (Lipinski definition) is 1. The van der Waals surface area contributed by atoms with Crippen molar-refractivity contribution in [3.63, 3.8) is 0 Å². The van der Waals surface area contributed by atoms with Crippen LogP contribution in [0.4, 0.5) is 0 Å². The summed E-state index contributed by atoms with van der Waals surface area (Å²) >= 11 is 0.